The maximum atomic E-state index is 13.4. The van der Waals surface area contributed by atoms with Crippen molar-refractivity contribution in [3.63, 3.8) is 0 Å². The molecular weight excluding hydrogens is 331 g/mol. The van der Waals surface area contributed by atoms with E-state index in [-0.39, 0.29) is 36.0 Å². The van der Waals surface area contributed by atoms with Gasteiger partial charge in [-0.1, -0.05) is 18.2 Å². The van der Waals surface area contributed by atoms with E-state index in [0.717, 1.165) is 16.1 Å². The first-order valence-corrected chi connectivity index (χ1v) is 8.95. The number of halogens is 1. The van der Waals surface area contributed by atoms with E-state index in [0.29, 0.717) is 0 Å². The third kappa shape index (κ3) is 3.05. The number of hydrogen-bond acceptors (Lipinski definition) is 3. The van der Waals surface area contributed by atoms with Crippen molar-refractivity contribution in [3.8, 4) is 0 Å². The summed E-state index contributed by atoms with van der Waals surface area (Å²) in [5.74, 6) is -0.742. The predicted octanol–water partition coefficient (Wildman–Crippen LogP) is 2.17. The van der Waals surface area contributed by atoms with Gasteiger partial charge in [-0.05, 0) is 42.8 Å². The van der Waals surface area contributed by atoms with Gasteiger partial charge < -0.3 is 4.90 Å². The second-order valence-electron chi connectivity index (χ2n) is 5.63. The number of carbonyl (C=O) groups is 1. The van der Waals surface area contributed by atoms with E-state index in [1.165, 1.54) is 19.1 Å². The van der Waals surface area contributed by atoms with E-state index < -0.39 is 15.8 Å². The summed E-state index contributed by atoms with van der Waals surface area (Å²) >= 11 is 0. The molecule has 126 valence electrons. The molecule has 1 amide bonds. The highest BCUT2D eigenvalue weighted by molar-refractivity contribution is 7.89. The molecule has 3 rings (SSSR count). The number of hydrogen-bond donors (Lipinski definition) is 0. The van der Waals surface area contributed by atoms with Crippen LogP contribution in [0.25, 0.3) is 0 Å². The molecule has 0 spiro atoms. The second-order valence-corrected chi connectivity index (χ2v) is 7.57. The molecule has 1 aliphatic rings. The summed E-state index contributed by atoms with van der Waals surface area (Å²) in [6, 6.07) is 12.8. The lowest BCUT2D eigenvalue weighted by Gasteiger charge is -2.33. The van der Waals surface area contributed by atoms with Crippen LogP contribution in [0.2, 0.25) is 0 Å². The summed E-state index contributed by atoms with van der Waals surface area (Å²) in [6.07, 6.45) is 0. The number of carbonyl (C=O) groups excluding carboxylic acids is 1. The van der Waals surface area contributed by atoms with E-state index in [2.05, 4.69) is 0 Å². The lowest BCUT2D eigenvalue weighted by atomic mass is 10.2. The molecule has 24 heavy (non-hydrogen) atoms. The van der Waals surface area contributed by atoms with E-state index in [1.54, 1.807) is 4.90 Å². The monoisotopic (exact) mass is 348 g/mol. The number of anilines is 1. The van der Waals surface area contributed by atoms with Crippen LogP contribution >= 0.6 is 0 Å². The molecule has 0 aromatic heterocycles. The number of sulfonamides is 1. The average molecular weight is 348 g/mol. The Labute approximate surface area is 140 Å². The predicted molar refractivity (Wildman–Crippen MR) is 88.7 cm³/mol. The number of benzene rings is 2. The molecular formula is C17H17FN2O3S. The van der Waals surface area contributed by atoms with E-state index >= 15 is 0 Å². The van der Waals surface area contributed by atoms with Crippen molar-refractivity contribution in [1.29, 1.82) is 0 Å². The van der Waals surface area contributed by atoms with Gasteiger partial charge in [-0.3, -0.25) is 4.79 Å². The summed E-state index contributed by atoms with van der Waals surface area (Å²) in [5.41, 5.74) is 1.00. The van der Waals surface area contributed by atoms with Gasteiger partial charge in [0.2, 0.25) is 15.9 Å². The minimum atomic E-state index is -3.82. The van der Waals surface area contributed by atoms with Gasteiger partial charge in [0, 0.05) is 18.8 Å². The van der Waals surface area contributed by atoms with Gasteiger partial charge in [0.15, 0.2) is 0 Å². The van der Waals surface area contributed by atoms with Crippen molar-refractivity contribution in [3.05, 3.63) is 59.9 Å². The first-order chi connectivity index (χ1) is 11.4. The van der Waals surface area contributed by atoms with Crippen molar-refractivity contribution in [2.45, 2.75) is 11.8 Å². The summed E-state index contributed by atoms with van der Waals surface area (Å²) < 4.78 is 39.8. The Morgan fingerprint density at radius 1 is 1.04 bits per heavy atom. The molecule has 0 N–H and O–H groups in total. The number of piperazine rings is 1. The Morgan fingerprint density at radius 3 is 2.38 bits per heavy atom. The highest BCUT2D eigenvalue weighted by Gasteiger charge is 2.33. The maximum Gasteiger partial charge on any atom is 0.243 e. The number of amides is 1. The lowest BCUT2D eigenvalue weighted by Crippen LogP contribution is -2.52. The molecule has 0 atom stereocenters. The van der Waals surface area contributed by atoms with E-state index in [9.17, 15) is 17.6 Å². The van der Waals surface area contributed by atoms with Crippen molar-refractivity contribution in [2.75, 3.05) is 24.5 Å². The Morgan fingerprint density at radius 2 is 1.75 bits per heavy atom. The molecule has 1 saturated heterocycles. The molecule has 7 heteroatoms. The van der Waals surface area contributed by atoms with Crippen LogP contribution < -0.4 is 4.90 Å². The van der Waals surface area contributed by atoms with Gasteiger partial charge in [0.1, 0.15) is 5.82 Å². The van der Waals surface area contributed by atoms with Crippen molar-refractivity contribution in [1.82, 2.24) is 4.31 Å². The number of para-hydroxylation sites is 1. The van der Waals surface area contributed by atoms with Crippen LogP contribution in [0.5, 0.6) is 0 Å². The maximum absolute atomic E-state index is 13.4. The number of rotatable bonds is 3. The zero-order valence-corrected chi connectivity index (χ0v) is 14.0. The molecule has 0 unspecified atom stereocenters. The van der Waals surface area contributed by atoms with Crippen LogP contribution in [0.4, 0.5) is 10.1 Å². The highest BCUT2D eigenvalue weighted by atomic mass is 32.2. The van der Waals surface area contributed by atoms with E-state index in [1.807, 2.05) is 30.3 Å². The Balaban J connectivity index is 1.82. The molecule has 2 aromatic carbocycles. The fraction of sp³-hybridized carbons (Fsp3) is 0.235. The van der Waals surface area contributed by atoms with Crippen LogP contribution in [0, 0.1) is 12.7 Å². The van der Waals surface area contributed by atoms with Crippen molar-refractivity contribution >= 4 is 21.6 Å². The molecule has 5 nitrogen and oxygen atoms in total. The highest BCUT2D eigenvalue weighted by Crippen LogP contribution is 2.23. The molecule has 0 radical (unpaired) electrons. The first kappa shape index (κ1) is 16.6. The first-order valence-electron chi connectivity index (χ1n) is 7.51. The summed E-state index contributed by atoms with van der Waals surface area (Å²) in [7, 11) is -3.82. The van der Waals surface area contributed by atoms with Gasteiger partial charge in [-0.15, -0.1) is 0 Å². The summed E-state index contributed by atoms with van der Waals surface area (Å²) in [6.45, 7) is 1.75. The van der Waals surface area contributed by atoms with Crippen LogP contribution in [0.1, 0.15) is 5.56 Å². The third-order valence-electron chi connectivity index (χ3n) is 4.02. The Bertz CT molecular complexity index is 869. The van der Waals surface area contributed by atoms with Crippen molar-refractivity contribution < 1.29 is 17.6 Å². The molecule has 0 aliphatic carbocycles. The zero-order valence-electron chi connectivity index (χ0n) is 13.1. The summed E-state index contributed by atoms with van der Waals surface area (Å²) in [4.78, 5) is 13.9. The molecule has 1 fully saturated rings. The molecule has 2 aromatic rings. The quantitative estimate of drug-likeness (QED) is 0.854. The average Bonchev–Trinajstić information content (AvgIpc) is 2.58. The third-order valence-corrected chi connectivity index (χ3v) is 5.86. The minimum absolute atomic E-state index is 0.00219. The lowest BCUT2D eigenvalue weighted by molar-refractivity contribution is -0.119. The standard InChI is InChI=1S/C17H17FN2O3S/c1-13-11-15(7-8-16(13)18)24(22,23)19-9-10-20(17(21)12-19)14-5-3-2-4-6-14/h2-8,11H,9-10,12H2,1H3. The van der Waals surface area contributed by atoms with Gasteiger partial charge in [0.25, 0.3) is 0 Å². The Kier molecular flexibility index (Phi) is 4.38. The number of aryl methyl sites for hydroxylation is 1. The number of nitrogens with zero attached hydrogens (tertiary/aromatic N) is 2. The SMILES string of the molecule is Cc1cc(S(=O)(=O)N2CCN(c3ccccc3)C(=O)C2)ccc1F. The molecule has 1 aliphatic heterocycles. The molecule has 0 saturated carbocycles. The van der Waals surface area contributed by atoms with Gasteiger partial charge in [-0.2, -0.15) is 4.31 Å². The van der Waals surface area contributed by atoms with Crippen LogP contribution in [0.15, 0.2) is 53.4 Å². The fourth-order valence-electron chi connectivity index (χ4n) is 2.66. The van der Waals surface area contributed by atoms with Crippen molar-refractivity contribution in [2.24, 2.45) is 0 Å². The van der Waals surface area contributed by atoms with E-state index in [4.69, 9.17) is 0 Å². The summed E-state index contributed by atoms with van der Waals surface area (Å²) in [5, 5.41) is 0. The molecule has 0 bridgehead atoms. The van der Waals surface area contributed by atoms with Gasteiger partial charge >= 0.3 is 0 Å². The van der Waals surface area contributed by atoms with Crippen LogP contribution in [-0.2, 0) is 14.8 Å². The molecule has 1 heterocycles. The van der Waals surface area contributed by atoms with Gasteiger partial charge in [0.05, 0.1) is 11.4 Å². The van der Waals surface area contributed by atoms with Crippen LogP contribution in [0.3, 0.4) is 0 Å². The largest absolute Gasteiger partial charge is 0.310 e. The topological polar surface area (TPSA) is 57.7 Å². The normalized spacial score (nSPS) is 16.4. The fourth-order valence-corrected chi connectivity index (χ4v) is 4.13. The smallest absolute Gasteiger partial charge is 0.243 e. The minimum Gasteiger partial charge on any atom is -0.310 e. The Hall–Kier alpha value is -2.25. The second kappa shape index (κ2) is 6.33. The zero-order chi connectivity index (χ0) is 17.3. The van der Waals surface area contributed by atoms with Gasteiger partial charge in [-0.25, -0.2) is 12.8 Å². The van der Waals surface area contributed by atoms with Crippen LogP contribution in [-0.4, -0.2) is 38.3 Å².